The first-order valence-corrected chi connectivity index (χ1v) is 15.4. The Morgan fingerprint density at radius 2 is 1.59 bits per heavy atom. The maximum atomic E-state index is 14.0. The molecule has 0 aromatic heterocycles. The second-order valence-electron chi connectivity index (χ2n) is 12.7. The molecule has 238 valence electrons. The van der Waals surface area contributed by atoms with Gasteiger partial charge in [0.15, 0.2) is 23.0 Å². The number of fused-ring (bicyclic) bond motifs is 3. The first kappa shape index (κ1) is 30.4. The average molecular weight is 611 g/mol. The highest BCUT2D eigenvalue weighted by molar-refractivity contribution is 5.79. The van der Waals surface area contributed by atoms with Crippen LogP contribution < -0.4 is 23.7 Å². The minimum atomic E-state index is -0.906. The summed E-state index contributed by atoms with van der Waals surface area (Å²) in [6.45, 7) is 8.10. The fraction of sp³-hybridized carbons (Fsp3) is 0.588. The lowest BCUT2D eigenvalue weighted by Crippen LogP contribution is -2.43. The first-order chi connectivity index (χ1) is 21.1. The molecule has 0 radical (unpaired) electrons. The van der Waals surface area contributed by atoms with E-state index in [1.165, 1.54) is 6.92 Å². The molecule has 1 saturated heterocycles. The van der Waals surface area contributed by atoms with Crippen LogP contribution in [0.5, 0.6) is 28.7 Å². The fourth-order valence-electron chi connectivity index (χ4n) is 7.73. The Balaban J connectivity index is 1.51. The Morgan fingerprint density at radius 3 is 2.18 bits per heavy atom. The number of hydrogen-bond acceptors (Lipinski definition) is 10. The highest BCUT2D eigenvalue weighted by Gasteiger charge is 2.59. The lowest BCUT2D eigenvalue weighted by Gasteiger charge is -2.42. The number of rotatable bonds is 8. The molecule has 2 aromatic carbocycles. The van der Waals surface area contributed by atoms with E-state index < -0.39 is 42.1 Å². The van der Waals surface area contributed by atoms with Gasteiger partial charge in [-0.25, -0.2) is 0 Å². The minimum absolute atomic E-state index is 0.0718. The summed E-state index contributed by atoms with van der Waals surface area (Å²) in [5, 5.41) is 0. The zero-order valence-corrected chi connectivity index (χ0v) is 26.4. The van der Waals surface area contributed by atoms with Gasteiger partial charge in [-0.2, -0.15) is 0 Å². The van der Waals surface area contributed by atoms with Gasteiger partial charge in [0.2, 0.25) is 18.8 Å². The molecule has 44 heavy (non-hydrogen) atoms. The van der Waals surface area contributed by atoms with Gasteiger partial charge in [0.25, 0.3) is 0 Å². The summed E-state index contributed by atoms with van der Waals surface area (Å²) in [5.41, 5.74) is 2.23. The van der Waals surface area contributed by atoms with Crippen molar-refractivity contribution in [3.8, 4) is 28.7 Å². The van der Waals surface area contributed by atoms with Crippen molar-refractivity contribution < 1.29 is 47.5 Å². The van der Waals surface area contributed by atoms with Gasteiger partial charge in [-0.1, -0.05) is 27.2 Å². The van der Waals surface area contributed by atoms with Crippen LogP contribution in [-0.2, 0) is 23.8 Å². The van der Waals surface area contributed by atoms with E-state index in [0.29, 0.717) is 52.1 Å². The lowest BCUT2D eigenvalue weighted by atomic mass is 9.65. The van der Waals surface area contributed by atoms with Gasteiger partial charge >= 0.3 is 11.9 Å². The van der Waals surface area contributed by atoms with Crippen molar-refractivity contribution in [2.24, 2.45) is 29.6 Å². The van der Waals surface area contributed by atoms with Crippen LogP contribution in [0.15, 0.2) is 24.3 Å². The molecule has 2 aliphatic heterocycles. The fourth-order valence-corrected chi connectivity index (χ4v) is 7.73. The van der Waals surface area contributed by atoms with Crippen LogP contribution in [0.3, 0.4) is 0 Å². The molecule has 2 heterocycles. The lowest BCUT2D eigenvalue weighted by molar-refractivity contribution is -0.208. The molecular formula is C34H42O10. The Kier molecular flexibility index (Phi) is 8.30. The molecule has 0 bridgehead atoms. The predicted octanol–water partition coefficient (Wildman–Crippen LogP) is 5.78. The third-order valence-electron chi connectivity index (χ3n) is 9.77. The molecule has 2 aliphatic carbocycles. The third-order valence-corrected chi connectivity index (χ3v) is 9.77. The number of hydrogen-bond donors (Lipinski definition) is 0. The minimum Gasteiger partial charge on any atom is -0.493 e. The van der Waals surface area contributed by atoms with Crippen molar-refractivity contribution in [1.29, 1.82) is 0 Å². The number of esters is 2. The molecule has 1 saturated carbocycles. The van der Waals surface area contributed by atoms with Crippen molar-refractivity contribution in [3.05, 3.63) is 41.0 Å². The van der Waals surface area contributed by atoms with Gasteiger partial charge in [-0.15, -0.1) is 0 Å². The van der Waals surface area contributed by atoms with Crippen LogP contribution in [-0.4, -0.2) is 52.5 Å². The molecule has 2 fully saturated rings. The summed E-state index contributed by atoms with van der Waals surface area (Å²) in [4.78, 5) is 26.6. The van der Waals surface area contributed by atoms with Crippen molar-refractivity contribution in [3.63, 3.8) is 0 Å². The maximum absolute atomic E-state index is 14.0. The number of carbonyl (C=O) groups excluding carboxylic acids is 2. The van der Waals surface area contributed by atoms with E-state index in [-0.39, 0.29) is 12.9 Å². The quantitative estimate of drug-likeness (QED) is 0.341. The van der Waals surface area contributed by atoms with Crippen molar-refractivity contribution in [2.45, 2.75) is 71.4 Å². The van der Waals surface area contributed by atoms with Gasteiger partial charge in [0.1, 0.15) is 6.10 Å². The van der Waals surface area contributed by atoms with E-state index >= 15 is 0 Å². The average Bonchev–Trinajstić information content (AvgIpc) is 3.58. The summed E-state index contributed by atoms with van der Waals surface area (Å²) >= 11 is 0. The number of benzene rings is 2. The standard InChI is InChI=1S/C34H42O10/c1-16(2)20-9-8-17(3)10-23(20)43-34-30-29(33(36)44-34)28(19-11-26(37-5)32(39-7)27(12-19)38-6)21-13-24-25(41-15-40-24)14-22(21)31(30)42-18(4)35/h11-14,16-17,20,23,28-31,34H,8-10,15H2,1-7H3/t17-,20+,23-,28+,29+,30-,31+,34+/m0/s1. The van der Waals surface area contributed by atoms with E-state index in [0.717, 1.165) is 30.4 Å². The molecule has 2 aromatic rings. The van der Waals surface area contributed by atoms with E-state index in [1.54, 1.807) is 21.3 Å². The number of methoxy groups -OCH3 is 3. The molecule has 4 aliphatic rings. The van der Waals surface area contributed by atoms with Crippen molar-refractivity contribution >= 4 is 11.9 Å². The topological polar surface area (TPSA) is 108 Å². The highest BCUT2D eigenvalue weighted by atomic mass is 16.7. The van der Waals surface area contributed by atoms with Crippen LogP contribution >= 0.6 is 0 Å². The predicted molar refractivity (Wildman–Crippen MR) is 158 cm³/mol. The molecule has 0 unspecified atom stereocenters. The molecule has 6 rings (SSSR count). The number of carbonyl (C=O) groups is 2. The van der Waals surface area contributed by atoms with E-state index in [9.17, 15) is 9.59 Å². The maximum Gasteiger partial charge on any atom is 0.312 e. The van der Waals surface area contributed by atoms with Gasteiger partial charge in [0.05, 0.1) is 39.3 Å². The van der Waals surface area contributed by atoms with Crippen LogP contribution in [0, 0.1) is 29.6 Å². The molecular weight excluding hydrogens is 568 g/mol. The largest absolute Gasteiger partial charge is 0.493 e. The van der Waals surface area contributed by atoms with Crippen LogP contribution in [0.4, 0.5) is 0 Å². The monoisotopic (exact) mass is 610 g/mol. The van der Waals surface area contributed by atoms with E-state index in [4.69, 9.17) is 37.9 Å². The number of ether oxygens (including phenoxy) is 8. The van der Waals surface area contributed by atoms with E-state index in [1.807, 2.05) is 24.3 Å². The summed E-state index contributed by atoms with van der Waals surface area (Å²) in [6, 6.07) is 7.43. The SMILES string of the molecule is COc1cc([C@@H]2c3cc4c(cc3[C@@H](OC(C)=O)[C@H]3[C@H](O[C@H]5C[C@@H](C)CC[C@@H]5C(C)C)OC(=O)[C@H]23)OCO4)cc(OC)c1OC. The van der Waals surface area contributed by atoms with Gasteiger partial charge in [0, 0.05) is 18.4 Å². The van der Waals surface area contributed by atoms with Crippen molar-refractivity contribution in [2.75, 3.05) is 28.1 Å². The number of cyclic esters (lactones) is 1. The van der Waals surface area contributed by atoms with Gasteiger partial charge < -0.3 is 37.9 Å². The Labute approximate surface area is 258 Å². The Hall–Kier alpha value is -3.66. The van der Waals surface area contributed by atoms with Crippen LogP contribution in [0.25, 0.3) is 0 Å². The molecule has 0 spiro atoms. The first-order valence-electron chi connectivity index (χ1n) is 15.4. The van der Waals surface area contributed by atoms with E-state index in [2.05, 4.69) is 20.8 Å². The van der Waals surface area contributed by atoms with Crippen LogP contribution in [0.1, 0.15) is 75.7 Å². The second-order valence-corrected chi connectivity index (χ2v) is 12.7. The molecule has 0 N–H and O–H groups in total. The van der Waals surface area contributed by atoms with Gasteiger partial charge in [-0.05, 0) is 66.0 Å². The summed E-state index contributed by atoms with van der Waals surface area (Å²) in [7, 11) is 4.65. The Morgan fingerprint density at radius 1 is 0.932 bits per heavy atom. The normalized spacial score (nSPS) is 30.3. The van der Waals surface area contributed by atoms with Crippen LogP contribution in [0.2, 0.25) is 0 Å². The summed E-state index contributed by atoms with van der Waals surface area (Å²) in [5.74, 6) is 0.915. The zero-order chi connectivity index (χ0) is 31.3. The Bertz CT molecular complexity index is 1390. The smallest absolute Gasteiger partial charge is 0.312 e. The second kappa shape index (κ2) is 12.0. The summed E-state index contributed by atoms with van der Waals surface area (Å²) in [6.07, 6.45) is 1.25. The summed E-state index contributed by atoms with van der Waals surface area (Å²) < 4.78 is 47.4. The zero-order valence-electron chi connectivity index (χ0n) is 26.4. The molecule has 10 heteroatoms. The van der Waals surface area contributed by atoms with Gasteiger partial charge in [-0.3, -0.25) is 9.59 Å². The highest BCUT2D eigenvalue weighted by Crippen LogP contribution is 2.58. The van der Waals surface area contributed by atoms with Crippen molar-refractivity contribution in [1.82, 2.24) is 0 Å². The molecule has 8 atom stereocenters. The molecule has 0 amide bonds. The third kappa shape index (κ3) is 5.21. The molecule has 10 nitrogen and oxygen atoms in total.